The molecule has 0 amide bonds. The van der Waals surface area contributed by atoms with Gasteiger partial charge in [0.05, 0.1) is 0 Å². The highest BCUT2D eigenvalue weighted by atomic mass is 16.4. The molecule has 2 rings (SSSR count). The Balaban J connectivity index is 2.25. The third-order valence-electron chi connectivity index (χ3n) is 4.10. The second-order valence-electron chi connectivity index (χ2n) is 5.41. The highest BCUT2D eigenvalue weighted by Gasteiger charge is 2.45. The molecule has 3 heteroatoms. The zero-order chi connectivity index (χ0) is 13.2. The number of benzene rings is 1. The Labute approximate surface area is 108 Å². The maximum absolute atomic E-state index is 11.7. The zero-order valence-electron chi connectivity index (χ0n) is 11.1. The highest BCUT2D eigenvalue weighted by molar-refractivity contribution is 5.83. The Morgan fingerprint density at radius 1 is 1.33 bits per heavy atom. The molecule has 3 nitrogen and oxygen atoms in total. The monoisotopic (exact) mass is 247 g/mol. The van der Waals surface area contributed by atoms with Gasteiger partial charge >= 0.3 is 5.97 Å². The van der Waals surface area contributed by atoms with E-state index in [1.165, 1.54) is 5.56 Å². The Hall–Kier alpha value is -1.51. The van der Waals surface area contributed by atoms with Gasteiger partial charge < -0.3 is 10.4 Å². The van der Waals surface area contributed by atoms with Crippen molar-refractivity contribution in [3.8, 4) is 0 Å². The third kappa shape index (κ3) is 2.35. The molecule has 1 aromatic rings. The third-order valence-corrected chi connectivity index (χ3v) is 4.10. The number of aliphatic carboxylic acids is 1. The smallest absolute Gasteiger partial charge is 0.329 e. The summed E-state index contributed by atoms with van der Waals surface area (Å²) < 4.78 is 0. The van der Waals surface area contributed by atoms with Crippen molar-refractivity contribution < 1.29 is 9.90 Å². The average molecular weight is 247 g/mol. The van der Waals surface area contributed by atoms with Crippen LogP contribution in [-0.2, 0) is 4.79 Å². The summed E-state index contributed by atoms with van der Waals surface area (Å²) in [7, 11) is 0. The minimum absolute atomic E-state index is 0.157. The number of nitrogens with one attached hydrogen (secondary N) is 1. The number of carboxylic acids is 1. The maximum Gasteiger partial charge on any atom is 0.329 e. The molecule has 1 aromatic carbocycles. The first kappa shape index (κ1) is 12.9. The number of carbonyl (C=O) groups is 1. The van der Waals surface area contributed by atoms with Crippen LogP contribution in [-0.4, -0.2) is 16.6 Å². The summed E-state index contributed by atoms with van der Waals surface area (Å²) in [5.41, 5.74) is 1.28. The molecule has 1 aliphatic rings. The van der Waals surface area contributed by atoms with Crippen LogP contribution >= 0.6 is 0 Å². The van der Waals surface area contributed by atoms with Gasteiger partial charge in [0.25, 0.3) is 0 Å². The highest BCUT2D eigenvalue weighted by Crippen LogP contribution is 2.36. The Kier molecular flexibility index (Phi) is 3.60. The number of carboxylic acid groups (broad SMARTS) is 1. The molecule has 0 aromatic heterocycles. The molecule has 98 valence electrons. The average Bonchev–Trinajstić information content (AvgIpc) is 2.35. The fraction of sp³-hybridized carbons (Fsp3) is 0.533. The van der Waals surface area contributed by atoms with Crippen molar-refractivity contribution in [1.82, 2.24) is 0 Å². The van der Waals surface area contributed by atoms with Gasteiger partial charge in [0.1, 0.15) is 5.54 Å². The number of rotatable bonds is 3. The van der Waals surface area contributed by atoms with E-state index in [1.807, 2.05) is 38.1 Å². The van der Waals surface area contributed by atoms with E-state index >= 15 is 0 Å². The van der Waals surface area contributed by atoms with Gasteiger partial charge in [0.2, 0.25) is 0 Å². The topological polar surface area (TPSA) is 49.3 Å². The second kappa shape index (κ2) is 5.01. The van der Waals surface area contributed by atoms with Crippen molar-refractivity contribution in [2.75, 3.05) is 5.32 Å². The Morgan fingerprint density at radius 2 is 2.00 bits per heavy atom. The number of aryl methyl sites for hydroxylation is 1. The molecule has 2 unspecified atom stereocenters. The van der Waals surface area contributed by atoms with Crippen LogP contribution in [0.1, 0.15) is 38.2 Å². The van der Waals surface area contributed by atoms with Crippen molar-refractivity contribution in [3.05, 3.63) is 29.8 Å². The first-order valence-electron chi connectivity index (χ1n) is 6.63. The molecular weight excluding hydrogens is 226 g/mol. The summed E-state index contributed by atoms with van der Waals surface area (Å²) in [5.74, 6) is -0.569. The zero-order valence-corrected chi connectivity index (χ0v) is 11.1. The second-order valence-corrected chi connectivity index (χ2v) is 5.41. The van der Waals surface area contributed by atoms with Gasteiger partial charge in [-0.25, -0.2) is 4.79 Å². The molecule has 1 aliphatic carbocycles. The number of hydrogen-bond donors (Lipinski definition) is 2. The normalized spacial score (nSPS) is 27.8. The molecule has 18 heavy (non-hydrogen) atoms. The molecule has 2 atom stereocenters. The lowest BCUT2D eigenvalue weighted by Crippen LogP contribution is -2.53. The van der Waals surface area contributed by atoms with E-state index in [-0.39, 0.29) is 5.92 Å². The van der Waals surface area contributed by atoms with Crippen molar-refractivity contribution in [2.45, 2.75) is 45.1 Å². The predicted molar refractivity (Wildman–Crippen MR) is 72.8 cm³/mol. The van der Waals surface area contributed by atoms with E-state index in [0.29, 0.717) is 6.42 Å². The first-order chi connectivity index (χ1) is 8.54. The minimum Gasteiger partial charge on any atom is -0.479 e. The molecular formula is C15H21NO2. The van der Waals surface area contributed by atoms with Gasteiger partial charge in [0, 0.05) is 5.69 Å². The molecule has 0 heterocycles. The van der Waals surface area contributed by atoms with E-state index in [2.05, 4.69) is 5.32 Å². The minimum atomic E-state index is -0.798. The summed E-state index contributed by atoms with van der Waals surface area (Å²) in [4.78, 5) is 11.7. The van der Waals surface area contributed by atoms with E-state index in [4.69, 9.17) is 0 Å². The van der Waals surface area contributed by atoms with Crippen LogP contribution in [0, 0.1) is 12.8 Å². The quantitative estimate of drug-likeness (QED) is 0.860. The standard InChI is InChI=1S/C15H21NO2/c1-11-6-8-13(9-7-11)16-15(14(17)18)10-4-3-5-12(15)2/h6-9,12,16H,3-5,10H2,1-2H3,(H,17,18). The predicted octanol–water partition coefficient (Wildman–Crippen LogP) is 3.44. The molecule has 0 saturated heterocycles. The van der Waals surface area contributed by atoms with Crippen LogP contribution in [0.5, 0.6) is 0 Å². The van der Waals surface area contributed by atoms with Crippen molar-refractivity contribution in [2.24, 2.45) is 5.92 Å². The van der Waals surface area contributed by atoms with Crippen molar-refractivity contribution >= 4 is 11.7 Å². The van der Waals surface area contributed by atoms with E-state index in [1.54, 1.807) is 0 Å². The van der Waals surface area contributed by atoms with Crippen LogP contribution in [0.15, 0.2) is 24.3 Å². The summed E-state index contributed by atoms with van der Waals surface area (Å²) in [6.45, 7) is 4.06. The molecule has 0 aliphatic heterocycles. The van der Waals surface area contributed by atoms with Crippen LogP contribution < -0.4 is 5.32 Å². The number of anilines is 1. The summed E-state index contributed by atoms with van der Waals surface area (Å²) in [5, 5.41) is 12.9. The summed E-state index contributed by atoms with van der Waals surface area (Å²) in [6.07, 6.45) is 3.80. The molecule has 0 radical (unpaired) electrons. The molecule has 2 N–H and O–H groups in total. The number of hydrogen-bond acceptors (Lipinski definition) is 2. The lowest BCUT2D eigenvalue weighted by Gasteiger charge is -2.40. The molecule has 1 fully saturated rings. The fourth-order valence-electron chi connectivity index (χ4n) is 2.80. The largest absolute Gasteiger partial charge is 0.479 e. The van der Waals surface area contributed by atoms with Gasteiger partial charge in [-0.1, -0.05) is 37.5 Å². The van der Waals surface area contributed by atoms with Crippen LogP contribution in [0.2, 0.25) is 0 Å². The van der Waals surface area contributed by atoms with Crippen LogP contribution in [0.4, 0.5) is 5.69 Å². The van der Waals surface area contributed by atoms with E-state index < -0.39 is 11.5 Å². The van der Waals surface area contributed by atoms with Crippen LogP contribution in [0.25, 0.3) is 0 Å². The van der Waals surface area contributed by atoms with Gasteiger partial charge in [-0.2, -0.15) is 0 Å². The molecule has 1 saturated carbocycles. The molecule has 0 bridgehead atoms. The maximum atomic E-state index is 11.7. The van der Waals surface area contributed by atoms with E-state index in [9.17, 15) is 9.90 Å². The van der Waals surface area contributed by atoms with Gasteiger partial charge in [-0.05, 0) is 37.8 Å². The molecule has 0 spiro atoms. The fourth-order valence-corrected chi connectivity index (χ4v) is 2.80. The Bertz CT molecular complexity index is 427. The lowest BCUT2D eigenvalue weighted by molar-refractivity contribution is -0.145. The van der Waals surface area contributed by atoms with Gasteiger partial charge in [0.15, 0.2) is 0 Å². The first-order valence-corrected chi connectivity index (χ1v) is 6.63. The van der Waals surface area contributed by atoms with Crippen molar-refractivity contribution in [1.29, 1.82) is 0 Å². The van der Waals surface area contributed by atoms with Crippen LogP contribution in [0.3, 0.4) is 0 Å². The van der Waals surface area contributed by atoms with Gasteiger partial charge in [-0.3, -0.25) is 0 Å². The summed E-state index contributed by atoms with van der Waals surface area (Å²) in [6, 6.07) is 7.93. The van der Waals surface area contributed by atoms with E-state index in [0.717, 1.165) is 24.9 Å². The SMILES string of the molecule is Cc1ccc(NC2(C(=O)O)CCCCC2C)cc1. The van der Waals surface area contributed by atoms with Gasteiger partial charge in [-0.15, -0.1) is 0 Å². The lowest BCUT2D eigenvalue weighted by atomic mass is 9.73. The Morgan fingerprint density at radius 3 is 2.56 bits per heavy atom. The summed E-state index contributed by atoms with van der Waals surface area (Å²) >= 11 is 0. The van der Waals surface area contributed by atoms with Crippen molar-refractivity contribution in [3.63, 3.8) is 0 Å².